The van der Waals surface area contributed by atoms with Gasteiger partial charge in [0.15, 0.2) is 0 Å². The highest BCUT2D eigenvalue weighted by Crippen LogP contribution is 2.17. The lowest BCUT2D eigenvalue weighted by atomic mass is 10.1. The van der Waals surface area contributed by atoms with Crippen LogP contribution in [-0.4, -0.2) is 9.97 Å². The zero-order valence-electron chi connectivity index (χ0n) is 10.5. The molecule has 2 nitrogen and oxygen atoms in total. The van der Waals surface area contributed by atoms with E-state index in [-0.39, 0.29) is 0 Å². The highest BCUT2D eigenvalue weighted by Gasteiger charge is 2.00. The molecule has 0 atom stereocenters. The first-order valence-corrected chi connectivity index (χ1v) is 6.33. The molecule has 0 saturated heterocycles. The first kappa shape index (κ1) is 11.6. The fourth-order valence-corrected chi connectivity index (χ4v) is 2.12. The second kappa shape index (κ2) is 5.44. The fourth-order valence-electron chi connectivity index (χ4n) is 2.12. The Balaban J connectivity index is 0.000000117. The molecule has 2 heteroatoms. The lowest BCUT2D eigenvalue weighted by molar-refractivity contribution is 1.22. The predicted octanol–water partition coefficient (Wildman–Crippen LogP) is 3.89. The van der Waals surface area contributed by atoms with Crippen molar-refractivity contribution >= 4 is 17.0 Å². The van der Waals surface area contributed by atoms with Gasteiger partial charge >= 0.3 is 0 Å². The molecule has 4 rings (SSSR count). The van der Waals surface area contributed by atoms with Gasteiger partial charge in [0.05, 0.1) is 5.52 Å². The third kappa shape index (κ3) is 2.68. The minimum atomic E-state index is 0.998. The smallest absolute Gasteiger partial charge is 0.116 e. The van der Waals surface area contributed by atoms with Crippen LogP contribution in [0.5, 0.6) is 0 Å². The number of benzene rings is 2. The molecule has 0 saturated carbocycles. The van der Waals surface area contributed by atoms with Crippen molar-refractivity contribution in [3.8, 4) is 0 Å². The Hall–Kier alpha value is -2.48. The minimum Gasteiger partial charge on any atom is -0.244 e. The topological polar surface area (TPSA) is 25.8 Å². The zero-order valence-corrected chi connectivity index (χ0v) is 10.5. The van der Waals surface area contributed by atoms with Crippen LogP contribution in [0, 0.1) is 0 Å². The molecule has 0 N–H and O–H groups in total. The van der Waals surface area contributed by atoms with E-state index in [1.54, 1.807) is 6.33 Å². The van der Waals surface area contributed by atoms with Crippen molar-refractivity contribution in [2.75, 3.05) is 0 Å². The Morgan fingerprint density at radius 3 is 2.63 bits per heavy atom. The number of hydrogen-bond donors (Lipinski definition) is 0. The molecule has 0 bridgehead atoms. The summed E-state index contributed by atoms with van der Waals surface area (Å²) in [6, 6.07) is 16.4. The van der Waals surface area contributed by atoms with E-state index in [2.05, 4.69) is 46.4 Å². The van der Waals surface area contributed by atoms with Crippen LogP contribution in [0.2, 0.25) is 0 Å². The molecule has 1 aromatic heterocycles. The van der Waals surface area contributed by atoms with Crippen LogP contribution in [0.3, 0.4) is 0 Å². The van der Waals surface area contributed by atoms with Crippen molar-refractivity contribution in [2.45, 2.75) is 6.42 Å². The van der Waals surface area contributed by atoms with Gasteiger partial charge in [0.2, 0.25) is 0 Å². The van der Waals surface area contributed by atoms with Crippen LogP contribution in [0.1, 0.15) is 11.1 Å². The number of fused-ring (bicyclic) bond motifs is 2. The Morgan fingerprint density at radius 2 is 1.74 bits per heavy atom. The van der Waals surface area contributed by atoms with E-state index >= 15 is 0 Å². The van der Waals surface area contributed by atoms with Crippen LogP contribution < -0.4 is 0 Å². The van der Waals surface area contributed by atoms with E-state index in [1.807, 2.05) is 30.5 Å². The highest BCUT2D eigenvalue weighted by molar-refractivity contribution is 5.76. The van der Waals surface area contributed by atoms with Gasteiger partial charge < -0.3 is 0 Å². The van der Waals surface area contributed by atoms with E-state index in [0.717, 1.165) is 17.3 Å². The summed E-state index contributed by atoms with van der Waals surface area (Å²) in [5.41, 5.74) is 3.84. The third-order valence-corrected chi connectivity index (χ3v) is 3.10. The van der Waals surface area contributed by atoms with Gasteiger partial charge in [0.25, 0.3) is 0 Å². The minimum absolute atomic E-state index is 0.998. The fraction of sp³-hybridized carbons (Fsp3) is 0.0588. The zero-order chi connectivity index (χ0) is 12.9. The van der Waals surface area contributed by atoms with Crippen LogP contribution in [0.4, 0.5) is 0 Å². The Bertz CT molecular complexity index is 652. The molecule has 19 heavy (non-hydrogen) atoms. The van der Waals surface area contributed by atoms with Crippen molar-refractivity contribution in [3.63, 3.8) is 0 Å². The predicted molar refractivity (Wildman–Crippen MR) is 78.7 cm³/mol. The first-order valence-electron chi connectivity index (χ1n) is 6.33. The van der Waals surface area contributed by atoms with Crippen molar-refractivity contribution in [1.29, 1.82) is 0 Å². The van der Waals surface area contributed by atoms with E-state index in [1.165, 1.54) is 11.1 Å². The van der Waals surface area contributed by atoms with Crippen LogP contribution >= 0.6 is 0 Å². The Kier molecular flexibility index (Phi) is 3.32. The van der Waals surface area contributed by atoms with Gasteiger partial charge in [-0.2, -0.15) is 0 Å². The number of aromatic nitrogens is 2. The summed E-state index contributed by atoms with van der Waals surface area (Å²) in [4.78, 5) is 7.97. The molecule has 0 fully saturated rings. The standard InChI is InChI=1S/C9H8.C8H6N2/c1-2-5-9-7-3-6-8(9)4-1;1-2-4-8-7(3-1)5-9-6-10-8/h1-6H,7H2;1-6H. The van der Waals surface area contributed by atoms with Gasteiger partial charge in [-0.3, -0.25) is 0 Å². The quantitative estimate of drug-likeness (QED) is 0.601. The molecule has 1 heterocycles. The van der Waals surface area contributed by atoms with Crippen molar-refractivity contribution in [2.24, 2.45) is 0 Å². The lowest BCUT2D eigenvalue weighted by Crippen LogP contribution is -1.77. The maximum atomic E-state index is 4.07. The van der Waals surface area contributed by atoms with E-state index in [0.29, 0.717) is 0 Å². The second-order valence-corrected chi connectivity index (χ2v) is 4.39. The van der Waals surface area contributed by atoms with Gasteiger partial charge in [-0.15, -0.1) is 0 Å². The summed E-state index contributed by atoms with van der Waals surface area (Å²) < 4.78 is 0. The highest BCUT2D eigenvalue weighted by atomic mass is 14.8. The summed E-state index contributed by atoms with van der Waals surface area (Å²) in [6.45, 7) is 0. The summed E-state index contributed by atoms with van der Waals surface area (Å²) in [5.74, 6) is 0. The van der Waals surface area contributed by atoms with Crippen LogP contribution in [0.15, 0.2) is 67.1 Å². The van der Waals surface area contributed by atoms with E-state index in [4.69, 9.17) is 0 Å². The lowest BCUT2D eigenvalue weighted by Gasteiger charge is -1.93. The Labute approximate surface area is 112 Å². The van der Waals surface area contributed by atoms with Crippen LogP contribution in [0.25, 0.3) is 17.0 Å². The molecule has 92 valence electrons. The molecule has 1 aliphatic carbocycles. The molecule has 0 radical (unpaired) electrons. The van der Waals surface area contributed by atoms with Gasteiger partial charge in [0, 0.05) is 11.6 Å². The monoisotopic (exact) mass is 246 g/mol. The molecule has 3 aromatic rings. The van der Waals surface area contributed by atoms with E-state index < -0.39 is 0 Å². The largest absolute Gasteiger partial charge is 0.244 e. The van der Waals surface area contributed by atoms with E-state index in [9.17, 15) is 0 Å². The SMILES string of the molecule is C1=Cc2ccccc2C1.c1ccc2ncncc2c1. The summed E-state index contributed by atoms with van der Waals surface area (Å²) in [5, 5.41) is 1.09. The third-order valence-electron chi connectivity index (χ3n) is 3.10. The number of hydrogen-bond acceptors (Lipinski definition) is 2. The molecule has 1 aliphatic rings. The van der Waals surface area contributed by atoms with Gasteiger partial charge in [-0.05, 0) is 23.6 Å². The van der Waals surface area contributed by atoms with Gasteiger partial charge in [-0.25, -0.2) is 9.97 Å². The van der Waals surface area contributed by atoms with Crippen molar-refractivity contribution in [3.05, 3.63) is 78.3 Å². The average Bonchev–Trinajstić information content (AvgIpc) is 2.96. The molecular formula is C17H14N2. The van der Waals surface area contributed by atoms with Crippen molar-refractivity contribution < 1.29 is 0 Å². The average molecular weight is 246 g/mol. The normalized spacial score (nSPS) is 11.8. The van der Waals surface area contributed by atoms with Gasteiger partial charge in [-0.1, -0.05) is 54.6 Å². The first-order chi connectivity index (χ1) is 9.43. The number of nitrogens with zero attached hydrogens (tertiary/aromatic N) is 2. The number of allylic oxidation sites excluding steroid dienone is 1. The van der Waals surface area contributed by atoms with Crippen LogP contribution in [-0.2, 0) is 6.42 Å². The molecule has 2 aromatic carbocycles. The number of para-hydroxylation sites is 1. The maximum Gasteiger partial charge on any atom is 0.116 e. The summed E-state index contributed by atoms with van der Waals surface area (Å²) in [7, 11) is 0. The van der Waals surface area contributed by atoms with Crippen molar-refractivity contribution in [1.82, 2.24) is 9.97 Å². The maximum absolute atomic E-state index is 4.07. The molecule has 0 unspecified atom stereocenters. The second-order valence-electron chi connectivity index (χ2n) is 4.39. The number of rotatable bonds is 0. The molecule has 0 spiro atoms. The molecular weight excluding hydrogens is 232 g/mol. The molecule has 0 amide bonds. The summed E-state index contributed by atoms with van der Waals surface area (Å²) >= 11 is 0. The Morgan fingerprint density at radius 1 is 0.895 bits per heavy atom. The molecule has 0 aliphatic heterocycles. The van der Waals surface area contributed by atoms with Gasteiger partial charge in [0.1, 0.15) is 6.33 Å². The summed E-state index contributed by atoms with van der Waals surface area (Å²) in [6.07, 6.45) is 8.86.